The molecule has 0 saturated heterocycles. The van der Waals surface area contributed by atoms with Gasteiger partial charge in [0.2, 0.25) is 0 Å². The molecule has 0 unspecified atom stereocenters. The fraction of sp³-hybridized carbons (Fsp3) is 0.0500. The van der Waals surface area contributed by atoms with Crippen LogP contribution in [0.4, 0.5) is 0 Å². The number of ether oxygens (including phenoxy) is 1. The minimum absolute atomic E-state index is 0.900. The first-order valence-electron chi connectivity index (χ1n) is 7.00. The molecule has 0 fully saturated rings. The maximum absolute atomic E-state index is 5.42. The Morgan fingerprint density at radius 2 is 1.29 bits per heavy atom. The molecule has 3 aromatic carbocycles. The Bertz CT molecular complexity index is 699. The smallest absolute Gasteiger partial charge is 0.126 e. The highest BCUT2D eigenvalue weighted by Crippen LogP contribution is 2.29. The van der Waals surface area contributed by atoms with Gasteiger partial charge in [0.15, 0.2) is 0 Å². The Morgan fingerprint density at radius 1 is 0.667 bits per heavy atom. The molecule has 1 nitrogen and oxygen atoms in total. The Balaban J connectivity index is 1.84. The maximum Gasteiger partial charge on any atom is 0.126 e. The second-order valence-corrected chi connectivity index (χ2v) is 4.88. The van der Waals surface area contributed by atoms with E-state index in [1.165, 1.54) is 11.1 Å². The second-order valence-electron chi connectivity index (χ2n) is 4.88. The molecule has 0 atom stereocenters. The lowest BCUT2D eigenvalue weighted by atomic mass is 10.00. The number of para-hydroxylation sites is 1. The van der Waals surface area contributed by atoms with Crippen LogP contribution in [0.1, 0.15) is 11.1 Å². The van der Waals surface area contributed by atoms with Gasteiger partial charge >= 0.3 is 0 Å². The third kappa shape index (κ3) is 3.14. The molecule has 103 valence electrons. The quantitative estimate of drug-likeness (QED) is 0.652. The normalized spacial score (nSPS) is 10.3. The largest absolute Gasteiger partial charge is 0.496 e. The summed E-state index contributed by atoms with van der Waals surface area (Å²) in [5.74, 6) is 0.900. The summed E-state index contributed by atoms with van der Waals surface area (Å²) in [6.45, 7) is 0. The van der Waals surface area contributed by atoms with Gasteiger partial charge in [-0.1, -0.05) is 72.8 Å². The van der Waals surface area contributed by atoms with E-state index in [0.717, 1.165) is 16.9 Å². The molecule has 0 N–H and O–H groups in total. The number of rotatable bonds is 4. The average molecular weight is 273 g/mol. The van der Waals surface area contributed by atoms with Crippen LogP contribution in [0.2, 0.25) is 0 Å². The first kappa shape index (κ1) is 13.4. The van der Waals surface area contributed by atoms with E-state index in [1.807, 2.05) is 24.3 Å². The second kappa shape index (κ2) is 6.27. The Kier molecular flexibility index (Phi) is 4.02. The first-order valence-corrected chi connectivity index (χ1v) is 7.00. The van der Waals surface area contributed by atoms with Gasteiger partial charge in [-0.2, -0.15) is 0 Å². The molecule has 3 rings (SSSR count). The zero-order valence-corrected chi connectivity index (χ0v) is 12.0. The number of hydrogen-bond donors (Lipinski definition) is 0. The minimum Gasteiger partial charge on any atom is -0.496 e. The minimum atomic E-state index is 0.900. The van der Waals surface area contributed by atoms with Gasteiger partial charge in [-0.3, -0.25) is 0 Å². The lowest BCUT2D eigenvalue weighted by Gasteiger charge is -2.09. The van der Waals surface area contributed by atoms with Crippen LogP contribution in [0.5, 0.6) is 5.75 Å². The standard InChI is InChI=1S/C20H17O/c1-21-20-10-6-5-9-19(20)18-13-11-17(12-14-18)15-16-7-3-2-4-8-16/h2-15H,1H3. The molecule has 1 heteroatoms. The van der Waals surface area contributed by atoms with Gasteiger partial charge in [-0.15, -0.1) is 0 Å². The molecule has 0 heterocycles. The SMILES string of the molecule is COc1ccccc1-c1ccc([CH]c2ccccc2)cc1. The first-order chi connectivity index (χ1) is 10.4. The predicted molar refractivity (Wildman–Crippen MR) is 87.4 cm³/mol. The molecule has 0 aliphatic heterocycles. The monoisotopic (exact) mass is 273 g/mol. The van der Waals surface area contributed by atoms with Crippen molar-refractivity contribution < 1.29 is 4.74 Å². The summed E-state index contributed by atoms with van der Waals surface area (Å²) >= 11 is 0. The summed E-state index contributed by atoms with van der Waals surface area (Å²) in [7, 11) is 1.70. The van der Waals surface area contributed by atoms with E-state index in [9.17, 15) is 0 Å². The van der Waals surface area contributed by atoms with Gasteiger partial charge in [0, 0.05) is 12.0 Å². The van der Waals surface area contributed by atoms with Crippen molar-refractivity contribution in [3.63, 3.8) is 0 Å². The average Bonchev–Trinajstić information content (AvgIpc) is 2.56. The van der Waals surface area contributed by atoms with E-state index in [-0.39, 0.29) is 0 Å². The molecule has 0 bridgehead atoms. The van der Waals surface area contributed by atoms with Crippen molar-refractivity contribution in [2.75, 3.05) is 7.11 Å². The van der Waals surface area contributed by atoms with Crippen molar-refractivity contribution in [3.8, 4) is 16.9 Å². The van der Waals surface area contributed by atoms with Gasteiger partial charge in [0.25, 0.3) is 0 Å². The molecule has 0 aliphatic rings. The number of hydrogen-bond acceptors (Lipinski definition) is 1. The van der Waals surface area contributed by atoms with Crippen molar-refractivity contribution in [2.45, 2.75) is 0 Å². The van der Waals surface area contributed by atoms with Gasteiger partial charge < -0.3 is 4.74 Å². The lowest BCUT2D eigenvalue weighted by Crippen LogP contribution is -1.88. The summed E-state index contributed by atoms with van der Waals surface area (Å²) in [6, 6.07) is 27.0. The van der Waals surface area contributed by atoms with Gasteiger partial charge in [-0.05, 0) is 22.8 Å². The van der Waals surface area contributed by atoms with E-state index in [0.29, 0.717) is 0 Å². The van der Waals surface area contributed by atoms with Crippen molar-refractivity contribution in [2.24, 2.45) is 0 Å². The molecule has 1 radical (unpaired) electrons. The van der Waals surface area contributed by atoms with Crippen LogP contribution >= 0.6 is 0 Å². The molecule has 0 saturated carbocycles. The summed E-state index contributed by atoms with van der Waals surface area (Å²) in [5, 5.41) is 0. The molecule has 0 aliphatic carbocycles. The van der Waals surface area contributed by atoms with Crippen LogP contribution in [0, 0.1) is 6.42 Å². The Labute approximate surface area is 125 Å². The van der Waals surface area contributed by atoms with Crippen LogP contribution in [-0.2, 0) is 0 Å². The van der Waals surface area contributed by atoms with E-state index in [4.69, 9.17) is 4.74 Å². The molecule has 0 spiro atoms. The maximum atomic E-state index is 5.42. The molecular weight excluding hydrogens is 256 g/mol. The predicted octanol–water partition coefficient (Wildman–Crippen LogP) is 4.96. The summed E-state index contributed by atoms with van der Waals surface area (Å²) in [5.41, 5.74) is 4.69. The molecule has 21 heavy (non-hydrogen) atoms. The fourth-order valence-corrected chi connectivity index (χ4v) is 2.38. The van der Waals surface area contributed by atoms with Crippen molar-refractivity contribution in [1.82, 2.24) is 0 Å². The summed E-state index contributed by atoms with van der Waals surface area (Å²) in [6.07, 6.45) is 2.17. The third-order valence-corrected chi connectivity index (χ3v) is 3.46. The Hall–Kier alpha value is -2.54. The highest BCUT2D eigenvalue weighted by atomic mass is 16.5. The topological polar surface area (TPSA) is 9.23 Å². The van der Waals surface area contributed by atoms with E-state index in [2.05, 4.69) is 61.0 Å². The zero-order chi connectivity index (χ0) is 14.5. The highest BCUT2D eigenvalue weighted by Gasteiger charge is 2.04. The van der Waals surface area contributed by atoms with Crippen molar-refractivity contribution in [3.05, 3.63) is 96.4 Å². The van der Waals surface area contributed by atoms with E-state index in [1.54, 1.807) is 7.11 Å². The highest BCUT2D eigenvalue weighted by molar-refractivity contribution is 5.70. The van der Waals surface area contributed by atoms with Gasteiger partial charge in [-0.25, -0.2) is 0 Å². The third-order valence-electron chi connectivity index (χ3n) is 3.46. The van der Waals surface area contributed by atoms with Crippen LogP contribution < -0.4 is 4.74 Å². The summed E-state index contributed by atoms with van der Waals surface area (Å²) in [4.78, 5) is 0. The van der Waals surface area contributed by atoms with E-state index < -0.39 is 0 Å². The Morgan fingerprint density at radius 3 is 2.00 bits per heavy atom. The lowest BCUT2D eigenvalue weighted by molar-refractivity contribution is 0.416. The number of methoxy groups -OCH3 is 1. The van der Waals surface area contributed by atoms with Gasteiger partial charge in [0.05, 0.1) is 7.11 Å². The summed E-state index contributed by atoms with van der Waals surface area (Å²) < 4.78 is 5.42. The fourth-order valence-electron chi connectivity index (χ4n) is 2.38. The van der Waals surface area contributed by atoms with E-state index >= 15 is 0 Å². The van der Waals surface area contributed by atoms with Crippen molar-refractivity contribution in [1.29, 1.82) is 0 Å². The molecule has 0 aromatic heterocycles. The molecular formula is C20H17O. The van der Waals surface area contributed by atoms with Crippen LogP contribution in [-0.4, -0.2) is 7.11 Å². The number of benzene rings is 3. The molecule has 0 amide bonds. The van der Waals surface area contributed by atoms with Crippen LogP contribution in [0.25, 0.3) is 11.1 Å². The van der Waals surface area contributed by atoms with Gasteiger partial charge in [0.1, 0.15) is 5.75 Å². The van der Waals surface area contributed by atoms with Crippen LogP contribution in [0.3, 0.4) is 0 Å². The molecule has 3 aromatic rings. The van der Waals surface area contributed by atoms with Crippen molar-refractivity contribution >= 4 is 0 Å². The van der Waals surface area contributed by atoms with Crippen LogP contribution in [0.15, 0.2) is 78.9 Å². The zero-order valence-electron chi connectivity index (χ0n) is 12.0.